The molecule has 1 aliphatic heterocycles. The van der Waals surface area contributed by atoms with Crippen LogP contribution in [0, 0.1) is 0 Å². The van der Waals surface area contributed by atoms with Gasteiger partial charge in [-0.3, -0.25) is 0 Å². The van der Waals surface area contributed by atoms with Crippen molar-refractivity contribution in [3.05, 3.63) is 54.1 Å². The summed E-state index contributed by atoms with van der Waals surface area (Å²) in [5.74, 6) is 0.812. The number of hydrogen-bond acceptors (Lipinski definition) is 5. The summed E-state index contributed by atoms with van der Waals surface area (Å²) >= 11 is 0. The second-order valence-corrected chi connectivity index (χ2v) is 7.47. The van der Waals surface area contributed by atoms with Crippen molar-refractivity contribution in [3.8, 4) is 0 Å². The van der Waals surface area contributed by atoms with Crippen molar-refractivity contribution in [2.75, 3.05) is 31.1 Å². The topological polar surface area (TPSA) is 58.6 Å². The van der Waals surface area contributed by atoms with Crippen molar-refractivity contribution in [1.82, 2.24) is 14.9 Å². The highest BCUT2D eigenvalue weighted by atomic mass is 16.6. The van der Waals surface area contributed by atoms with Gasteiger partial charge in [-0.25, -0.2) is 14.8 Å². The summed E-state index contributed by atoms with van der Waals surface area (Å²) < 4.78 is 5.43. The molecule has 0 atom stereocenters. The number of carbonyl (C=O) groups is 1. The average Bonchev–Trinajstić information content (AvgIpc) is 2.62. The molecule has 1 saturated heterocycles. The van der Waals surface area contributed by atoms with Crippen LogP contribution in [0.15, 0.2) is 42.7 Å². The van der Waals surface area contributed by atoms with Gasteiger partial charge in [-0.2, -0.15) is 0 Å². The fourth-order valence-corrected chi connectivity index (χ4v) is 2.85. The molecule has 1 aliphatic rings. The molecule has 1 aromatic heterocycles. The highest BCUT2D eigenvalue weighted by Gasteiger charge is 2.26. The minimum Gasteiger partial charge on any atom is -0.444 e. The highest BCUT2D eigenvalue weighted by molar-refractivity contribution is 5.68. The Morgan fingerprint density at radius 3 is 2.23 bits per heavy atom. The van der Waals surface area contributed by atoms with Crippen LogP contribution in [0.1, 0.15) is 32.2 Å². The van der Waals surface area contributed by atoms with Gasteiger partial charge in [-0.05, 0) is 26.3 Å². The largest absolute Gasteiger partial charge is 0.444 e. The van der Waals surface area contributed by atoms with Crippen LogP contribution in [0.5, 0.6) is 0 Å². The first-order chi connectivity index (χ1) is 12.4. The van der Waals surface area contributed by atoms with Gasteiger partial charge in [-0.15, -0.1) is 0 Å². The summed E-state index contributed by atoms with van der Waals surface area (Å²) in [5.41, 5.74) is 1.73. The van der Waals surface area contributed by atoms with E-state index in [9.17, 15) is 4.79 Å². The van der Waals surface area contributed by atoms with Gasteiger partial charge < -0.3 is 14.5 Å². The summed E-state index contributed by atoms with van der Waals surface area (Å²) in [5, 5.41) is 0. The van der Waals surface area contributed by atoms with Gasteiger partial charge in [0.2, 0.25) is 0 Å². The number of hydrogen-bond donors (Lipinski definition) is 0. The maximum atomic E-state index is 12.1. The van der Waals surface area contributed by atoms with E-state index in [0.29, 0.717) is 13.1 Å². The fraction of sp³-hybridized carbons (Fsp3) is 0.450. The molecule has 3 rings (SSSR count). The number of rotatable bonds is 3. The predicted octanol–water partition coefficient (Wildman–Crippen LogP) is 3.12. The van der Waals surface area contributed by atoms with Crippen molar-refractivity contribution in [1.29, 1.82) is 0 Å². The van der Waals surface area contributed by atoms with Gasteiger partial charge in [0, 0.05) is 32.6 Å². The molecule has 0 aliphatic carbocycles. The zero-order chi connectivity index (χ0) is 18.6. The van der Waals surface area contributed by atoms with Crippen LogP contribution in [0.2, 0.25) is 0 Å². The summed E-state index contributed by atoms with van der Waals surface area (Å²) in [4.78, 5) is 25.1. The van der Waals surface area contributed by atoms with E-state index in [0.717, 1.165) is 31.0 Å². The standard InChI is InChI=1S/C20H26N4O2/c1-20(2,3)26-19(25)24-11-9-23(10-12-24)17-14-21-18(22-15-17)13-16-7-5-4-6-8-16/h4-8,14-15H,9-13H2,1-3H3. The Kier molecular flexibility index (Phi) is 5.40. The number of aromatic nitrogens is 2. The maximum Gasteiger partial charge on any atom is 0.410 e. The second kappa shape index (κ2) is 7.72. The Morgan fingerprint density at radius 1 is 1.04 bits per heavy atom. The van der Waals surface area contributed by atoms with Crippen molar-refractivity contribution in [2.24, 2.45) is 0 Å². The molecule has 2 heterocycles. The van der Waals surface area contributed by atoms with E-state index in [-0.39, 0.29) is 6.09 Å². The maximum absolute atomic E-state index is 12.1. The molecule has 138 valence electrons. The van der Waals surface area contributed by atoms with E-state index in [2.05, 4.69) is 27.0 Å². The van der Waals surface area contributed by atoms with Crippen molar-refractivity contribution < 1.29 is 9.53 Å². The molecular formula is C20H26N4O2. The third-order valence-electron chi connectivity index (χ3n) is 4.19. The van der Waals surface area contributed by atoms with E-state index < -0.39 is 5.60 Å². The van der Waals surface area contributed by atoms with Crippen molar-refractivity contribution >= 4 is 11.8 Å². The molecule has 26 heavy (non-hydrogen) atoms. The molecule has 1 aromatic carbocycles. The lowest BCUT2D eigenvalue weighted by Gasteiger charge is -2.36. The van der Waals surface area contributed by atoms with Crippen LogP contribution in [-0.4, -0.2) is 52.7 Å². The van der Waals surface area contributed by atoms with Gasteiger partial charge in [0.1, 0.15) is 11.4 Å². The lowest BCUT2D eigenvalue weighted by Crippen LogP contribution is -2.50. The van der Waals surface area contributed by atoms with E-state index >= 15 is 0 Å². The zero-order valence-electron chi connectivity index (χ0n) is 15.7. The van der Waals surface area contributed by atoms with Gasteiger partial charge >= 0.3 is 6.09 Å². The molecule has 0 radical (unpaired) electrons. The summed E-state index contributed by atoms with van der Waals surface area (Å²) in [6, 6.07) is 10.2. The quantitative estimate of drug-likeness (QED) is 0.848. The zero-order valence-corrected chi connectivity index (χ0v) is 15.7. The average molecular weight is 354 g/mol. The van der Waals surface area contributed by atoms with Crippen LogP contribution < -0.4 is 4.90 Å². The molecule has 0 unspecified atom stereocenters. The molecule has 6 nitrogen and oxygen atoms in total. The number of anilines is 1. The fourth-order valence-electron chi connectivity index (χ4n) is 2.85. The predicted molar refractivity (Wildman–Crippen MR) is 101 cm³/mol. The monoisotopic (exact) mass is 354 g/mol. The lowest BCUT2D eigenvalue weighted by atomic mass is 10.1. The van der Waals surface area contributed by atoms with Gasteiger partial charge in [0.25, 0.3) is 0 Å². The summed E-state index contributed by atoms with van der Waals surface area (Å²) in [6.45, 7) is 8.43. The van der Waals surface area contributed by atoms with Crippen LogP contribution >= 0.6 is 0 Å². The summed E-state index contributed by atoms with van der Waals surface area (Å²) in [7, 11) is 0. The first kappa shape index (κ1) is 18.2. The number of piperazine rings is 1. The van der Waals surface area contributed by atoms with Gasteiger partial charge in [0.15, 0.2) is 0 Å². The summed E-state index contributed by atoms with van der Waals surface area (Å²) in [6.07, 6.45) is 4.22. The Balaban J connectivity index is 1.54. The third-order valence-corrected chi connectivity index (χ3v) is 4.19. The van der Waals surface area contributed by atoms with Gasteiger partial charge in [0.05, 0.1) is 18.1 Å². The molecule has 1 fully saturated rings. The van der Waals surface area contributed by atoms with E-state index in [1.165, 1.54) is 5.56 Å². The molecule has 0 bridgehead atoms. The first-order valence-electron chi connectivity index (χ1n) is 8.98. The Labute approximate surface area is 154 Å². The molecule has 0 N–H and O–H groups in total. The number of carbonyl (C=O) groups excluding carboxylic acids is 1. The highest BCUT2D eigenvalue weighted by Crippen LogP contribution is 2.17. The van der Waals surface area contributed by atoms with E-state index in [1.54, 1.807) is 4.90 Å². The molecular weight excluding hydrogens is 328 g/mol. The van der Waals surface area contributed by atoms with Crippen LogP contribution in [0.4, 0.5) is 10.5 Å². The number of benzene rings is 1. The molecule has 0 spiro atoms. The third kappa shape index (κ3) is 4.94. The smallest absolute Gasteiger partial charge is 0.410 e. The van der Waals surface area contributed by atoms with Crippen molar-refractivity contribution in [2.45, 2.75) is 32.8 Å². The molecule has 6 heteroatoms. The lowest BCUT2D eigenvalue weighted by molar-refractivity contribution is 0.0240. The minimum absolute atomic E-state index is 0.244. The minimum atomic E-state index is -0.462. The second-order valence-electron chi connectivity index (χ2n) is 7.47. The number of nitrogens with zero attached hydrogens (tertiary/aromatic N) is 4. The van der Waals surface area contributed by atoms with E-state index in [1.807, 2.05) is 51.4 Å². The Hall–Kier alpha value is -2.63. The first-order valence-corrected chi connectivity index (χ1v) is 8.98. The SMILES string of the molecule is CC(C)(C)OC(=O)N1CCN(c2cnc(Cc3ccccc3)nc2)CC1. The normalized spacial score (nSPS) is 15.0. The molecule has 1 amide bonds. The molecule has 2 aromatic rings. The van der Waals surface area contributed by atoms with Gasteiger partial charge in [-0.1, -0.05) is 30.3 Å². The van der Waals surface area contributed by atoms with Crippen LogP contribution in [0.3, 0.4) is 0 Å². The number of ether oxygens (including phenoxy) is 1. The Morgan fingerprint density at radius 2 is 1.65 bits per heavy atom. The molecule has 0 saturated carbocycles. The number of amides is 1. The van der Waals surface area contributed by atoms with E-state index in [4.69, 9.17) is 4.74 Å². The van der Waals surface area contributed by atoms with Crippen LogP contribution in [-0.2, 0) is 11.2 Å². The Bertz CT molecular complexity index is 718. The van der Waals surface area contributed by atoms with Crippen molar-refractivity contribution in [3.63, 3.8) is 0 Å². The van der Waals surface area contributed by atoms with Crippen LogP contribution in [0.25, 0.3) is 0 Å².